The van der Waals surface area contributed by atoms with Gasteiger partial charge in [0, 0.05) is 18.3 Å². The molecule has 4 heteroatoms. The first-order chi connectivity index (χ1) is 12.6. The number of nitrogens with one attached hydrogen (secondary N) is 1. The molecular formula is C22H23N3O. The van der Waals surface area contributed by atoms with E-state index in [0.717, 1.165) is 29.3 Å². The molecule has 0 spiro atoms. The van der Waals surface area contributed by atoms with E-state index in [2.05, 4.69) is 66.2 Å². The monoisotopic (exact) mass is 345 g/mol. The Bertz CT molecular complexity index is 954. The molecule has 1 aromatic heterocycles. The fourth-order valence-corrected chi connectivity index (χ4v) is 3.27. The van der Waals surface area contributed by atoms with Gasteiger partial charge < -0.3 is 15.0 Å². The number of aryl methyl sites for hydroxylation is 2. The molecule has 2 heterocycles. The Balaban J connectivity index is 1.58. The summed E-state index contributed by atoms with van der Waals surface area (Å²) in [6, 6.07) is 15.1. The third-order valence-electron chi connectivity index (χ3n) is 5.00. The summed E-state index contributed by atoms with van der Waals surface area (Å²) >= 11 is 0. The van der Waals surface area contributed by atoms with E-state index in [9.17, 15) is 0 Å². The van der Waals surface area contributed by atoms with Gasteiger partial charge in [0.05, 0.1) is 24.5 Å². The SMILES string of the molecule is Cc1ccc(-c2ccc(-c3nc4c([nH]3)CN(CCO)C=C4)cc2)cc1C. The van der Waals surface area contributed by atoms with Crippen molar-refractivity contribution in [2.24, 2.45) is 0 Å². The number of H-pyrrole nitrogens is 1. The number of hydrogen-bond donors (Lipinski definition) is 2. The van der Waals surface area contributed by atoms with Crippen LogP contribution in [0.2, 0.25) is 0 Å². The van der Waals surface area contributed by atoms with Gasteiger partial charge in [0.2, 0.25) is 0 Å². The van der Waals surface area contributed by atoms with Gasteiger partial charge in [-0.05, 0) is 42.2 Å². The lowest BCUT2D eigenvalue weighted by Gasteiger charge is -2.21. The summed E-state index contributed by atoms with van der Waals surface area (Å²) in [5.74, 6) is 0.886. The van der Waals surface area contributed by atoms with Crippen LogP contribution in [0.4, 0.5) is 0 Å². The highest BCUT2D eigenvalue weighted by Gasteiger charge is 2.15. The Kier molecular flexibility index (Phi) is 4.35. The summed E-state index contributed by atoms with van der Waals surface area (Å²) in [6.45, 7) is 5.82. The van der Waals surface area contributed by atoms with Crippen molar-refractivity contribution in [3.63, 3.8) is 0 Å². The Morgan fingerprint density at radius 1 is 1.00 bits per heavy atom. The van der Waals surface area contributed by atoms with Gasteiger partial charge >= 0.3 is 0 Å². The third-order valence-corrected chi connectivity index (χ3v) is 5.00. The summed E-state index contributed by atoms with van der Waals surface area (Å²) in [6.07, 6.45) is 3.99. The van der Waals surface area contributed by atoms with Crippen molar-refractivity contribution in [3.8, 4) is 22.5 Å². The number of aliphatic hydroxyl groups excluding tert-OH is 1. The van der Waals surface area contributed by atoms with Crippen molar-refractivity contribution >= 4 is 6.08 Å². The van der Waals surface area contributed by atoms with Gasteiger partial charge in [-0.1, -0.05) is 42.5 Å². The van der Waals surface area contributed by atoms with E-state index in [-0.39, 0.29) is 6.61 Å². The number of aliphatic hydroxyl groups is 1. The molecular weight excluding hydrogens is 322 g/mol. The topological polar surface area (TPSA) is 52.2 Å². The fourth-order valence-electron chi connectivity index (χ4n) is 3.27. The zero-order valence-corrected chi connectivity index (χ0v) is 15.2. The highest BCUT2D eigenvalue weighted by Crippen LogP contribution is 2.27. The van der Waals surface area contributed by atoms with Crippen molar-refractivity contribution in [2.75, 3.05) is 13.2 Å². The van der Waals surface area contributed by atoms with Crippen LogP contribution in [0.1, 0.15) is 22.5 Å². The van der Waals surface area contributed by atoms with Crippen LogP contribution in [-0.4, -0.2) is 33.1 Å². The van der Waals surface area contributed by atoms with Crippen molar-refractivity contribution in [2.45, 2.75) is 20.4 Å². The summed E-state index contributed by atoms with van der Waals surface area (Å²) in [5.41, 5.74) is 8.22. The first-order valence-electron chi connectivity index (χ1n) is 8.94. The maximum absolute atomic E-state index is 9.10. The van der Waals surface area contributed by atoms with Gasteiger partial charge in [-0.3, -0.25) is 0 Å². The highest BCUT2D eigenvalue weighted by atomic mass is 16.3. The van der Waals surface area contributed by atoms with Gasteiger partial charge in [0.1, 0.15) is 5.82 Å². The third kappa shape index (κ3) is 3.16. The summed E-state index contributed by atoms with van der Waals surface area (Å²) in [5, 5.41) is 9.10. The Morgan fingerprint density at radius 3 is 2.46 bits per heavy atom. The van der Waals surface area contributed by atoms with Crippen LogP contribution in [0.5, 0.6) is 0 Å². The van der Waals surface area contributed by atoms with E-state index in [0.29, 0.717) is 6.54 Å². The number of rotatable bonds is 4. The molecule has 1 aliphatic heterocycles. The van der Waals surface area contributed by atoms with Crippen molar-refractivity contribution in [3.05, 3.63) is 71.2 Å². The molecule has 4 rings (SSSR count). The molecule has 2 N–H and O–H groups in total. The Hall–Kier alpha value is -2.85. The highest BCUT2D eigenvalue weighted by molar-refractivity contribution is 5.69. The number of aromatic nitrogens is 2. The van der Waals surface area contributed by atoms with E-state index >= 15 is 0 Å². The molecule has 0 atom stereocenters. The van der Waals surface area contributed by atoms with E-state index in [1.54, 1.807) is 0 Å². The molecule has 0 bridgehead atoms. The molecule has 0 radical (unpaired) electrons. The largest absolute Gasteiger partial charge is 0.395 e. The molecule has 0 saturated carbocycles. The standard InChI is InChI=1S/C22H23N3O/c1-15-3-4-19(13-16(15)2)17-5-7-18(8-6-17)22-23-20-9-10-25(11-12-26)14-21(20)24-22/h3-10,13,26H,11-12,14H2,1-2H3,(H,23,24). The van der Waals surface area contributed by atoms with Gasteiger partial charge in [0.15, 0.2) is 0 Å². The minimum atomic E-state index is 0.153. The number of β-amino-alcohol motifs (C(OH)–C–C–N with tert-alkyl or cyclic N) is 1. The van der Waals surface area contributed by atoms with Crippen LogP contribution in [0.25, 0.3) is 28.6 Å². The predicted molar refractivity (Wildman–Crippen MR) is 105 cm³/mol. The fraction of sp³-hybridized carbons (Fsp3) is 0.227. The average Bonchev–Trinajstić information content (AvgIpc) is 3.08. The first-order valence-corrected chi connectivity index (χ1v) is 8.94. The van der Waals surface area contributed by atoms with Gasteiger partial charge in [-0.2, -0.15) is 0 Å². The zero-order chi connectivity index (χ0) is 18.1. The molecule has 3 aromatic rings. The second kappa shape index (κ2) is 6.81. The molecule has 0 aliphatic carbocycles. The lowest BCUT2D eigenvalue weighted by atomic mass is 9.99. The molecule has 0 fully saturated rings. The molecule has 0 saturated heterocycles. The number of imidazole rings is 1. The molecule has 4 nitrogen and oxygen atoms in total. The zero-order valence-electron chi connectivity index (χ0n) is 15.2. The van der Waals surface area contributed by atoms with Crippen molar-refractivity contribution in [1.82, 2.24) is 14.9 Å². The van der Waals surface area contributed by atoms with Crippen LogP contribution in [-0.2, 0) is 6.54 Å². The van der Waals surface area contributed by atoms with Crippen molar-refractivity contribution < 1.29 is 5.11 Å². The molecule has 132 valence electrons. The summed E-state index contributed by atoms with van der Waals surface area (Å²) < 4.78 is 0. The summed E-state index contributed by atoms with van der Waals surface area (Å²) in [4.78, 5) is 10.2. The van der Waals surface area contributed by atoms with Crippen LogP contribution in [0.3, 0.4) is 0 Å². The number of fused-ring (bicyclic) bond motifs is 1. The average molecular weight is 345 g/mol. The molecule has 2 aromatic carbocycles. The lowest BCUT2D eigenvalue weighted by Crippen LogP contribution is -2.23. The summed E-state index contributed by atoms with van der Waals surface area (Å²) in [7, 11) is 0. The molecule has 0 unspecified atom stereocenters. The minimum Gasteiger partial charge on any atom is -0.395 e. The van der Waals surface area contributed by atoms with Crippen LogP contribution in [0, 0.1) is 13.8 Å². The maximum atomic E-state index is 9.10. The number of nitrogens with zero attached hydrogens (tertiary/aromatic N) is 2. The second-order valence-corrected chi connectivity index (χ2v) is 6.84. The molecule has 26 heavy (non-hydrogen) atoms. The van der Waals surface area contributed by atoms with Gasteiger partial charge in [0.25, 0.3) is 0 Å². The van der Waals surface area contributed by atoms with Crippen LogP contribution >= 0.6 is 0 Å². The number of benzene rings is 2. The van der Waals surface area contributed by atoms with E-state index < -0.39 is 0 Å². The minimum absolute atomic E-state index is 0.153. The van der Waals surface area contributed by atoms with E-state index in [1.807, 2.05) is 12.3 Å². The Labute approximate surface area is 153 Å². The second-order valence-electron chi connectivity index (χ2n) is 6.84. The van der Waals surface area contributed by atoms with E-state index in [1.165, 1.54) is 22.3 Å². The van der Waals surface area contributed by atoms with E-state index in [4.69, 9.17) is 10.1 Å². The lowest BCUT2D eigenvalue weighted by molar-refractivity contribution is 0.231. The molecule has 1 aliphatic rings. The quantitative estimate of drug-likeness (QED) is 0.747. The van der Waals surface area contributed by atoms with Crippen LogP contribution < -0.4 is 0 Å². The molecule has 0 amide bonds. The normalized spacial score (nSPS) is 13.1. The predicted octanol–water partition coefficient (Wildman–Crippen LogP) is 4.14. The van der Waals surface area contributed by atoms with Crippen LogP contribution in [0.15, 0.2) is 48.7 Å². The van der Waals surface area contributed by atoms with Gasteiger partial charge in [-0.15, -0.1) is 0 Å². The Morgan fingerprint density at radius 2 is 1.73 bits per heavy atom. The number of aromatic amines is 1. The smallest absolute Gasteiger partial charge is 0.138 e. The number of hydrogen-bond acceptors (Lipinski definition) is 3. The maximum Gasteiger partial charge on any atom is 0.138 e. The van der Waals surface area contributed by atoms with Gasteiger partial charge in [-0.25, -0.2) is 4.98 Å². The first kappa shape index (κ1) is 16.6. The van der Waals surface area contributed by atoms with Crippen molar-refractivity contribution in [1.29, 1.82) is 0 Å².